The van der Waals surface area contributed by atoms with Crippen molar-refractivity contribution < 1.29 is 0 Å². The molecule has 0 aliphatic heterocycles. The van der Waals surface area contributed by atoms with Crippen LogP contribution < -0.4 is 0 Å². The van der Waals surface area contributed by atoms with Crippen molar-refractivity contribution in [2.24, 2.45) is 0 Å². The number of fused-ring (bicyclic) bond motifs is 6. The predicted octanol–water partition coefficient (Wildman–Crippen LogP) is 2.43. The lowest BCUT2D eigenvalue weighted by Crippen LogP contribution is -1.93. The molecule has 4 nitrogen and oxygen atoms in total. The lowest BCUT2D eigenvalue weighted by Gasteiger charge is -2.05. The van der Waals surface area contributed by atoms with Gasteiger partial charge in [0, 0.05) is 23.2 Å². The summed E-state index contributed by atoms with van der Waals surface area (Å²) < 4.78 is 1.89. The first-order chi connectivity index (χ1) is 8.45. The summed E-state index contributed by atoms with van der Waals surface area (Å²) >= 11 is 0. The molecule has 0 bridgehead atoms. The first-order valence-electron chi connectivity index (χ1n) is 5.39. The monoisotopic (exact) mass is 220 g/mol. The highest BCUT2D eigenvalue weighted by molar-refractivity contribution is 6.10. The van der Waals surface area contributed by atoms with E-state index in [-0.39, 0.29) is 0 Å². The van der Waals surface area contributed by atoms with E-state index in [4.69, 9.17) is 0 Å². The van der Waals surface area contributed by atoms with Crippen LogP contribution in [-0.2, 0) is 0 Å². The van der Waals surface area contributed by atoms with Crippen molar-refractivity contribution in [2.75, 3.05) is 0 Å². The third-order valence-electron chi connectivity index (χ3n) is 3.01. The van der Waals surface area contributed by atoms with E-state index >= 15 is 0 Å². The summed E-state index contributed by atoms with van der Waals surface area (Å²) in [4.78, 5) is 8.62. The molecule has 80 valence electrons. The molecule has 0 aromatic carbocycles. The van der Waals surface area contributed by atoms with Gasteiger partial charge < -0.3 is 0 Å². The highest BCUT2D eigenvalue weighted by Crippen LogP contribution is 2.26. The van der Waals surface area contributed by atoms with Crippen LogP contribution in [0.1, 0.15) is 0 Å². The molecule has 0 unspecified atom stereocenters. The number of hydrogen-bond acceptors (Lipinski definition) is 3. The van der Waals surface area contributed by atoms with E-state index in [1.807, 2.05) is 35.1 Å². The molecule has 4 aromatic heterocycles. The Hall–Kier alpha value is -2.49. The van der Waals surface area contributed by atoms with E-state index in [2.05, 4.69) is 21.1 Å². The summed E-state index contributed by atoms with van der Waals surface area (Å²) in [6.07, 6.45) is 7.23. The number of hydrogen-bond donors (Lipinski definition) is 0. The summed E-state index contributed by atoms with van der Waals surface area (Å²) in [5.74, 6) is 0. The molecular weight excluding hydrogens is 212 g/mol. The van der Waals surface area contributed by atoms with Gasteiger partial charge in [-0.3, -0.25) is 9.97 Å². The van der Waals surface area contributed by atoms with Crippen molar-refractivity contribution in [2.45, 2.75) is 0 Å². The Morgan fingerprint density at radius 1 is 0.882 bits per heavy atom. The lowest BCUT2D eigenvalue weighted by molar-refractivity contribution is 1.00. The van der Waals surface area contributed by atoms with Crippen molar-refractivity contribution in [1.29, 1.82) is 0 Å². The fourth-order valence-corrected chi connectivity index (χ4v) is 2.28. The molecule has 0 fully saturated rings. The van der Waals surface area contributed by atoms with E-state index in [1.165, 1.54) is 0 Å². The van der Waals surface area contributed by atoms with Crippen molar-refractivity contribution in [3.63, 3.8) is 0 Å². The molecule has 0 saturated carbocycles. The second kappa shape index (κ2) is 3.01. The van der Waals surface area contributed by atoms with Gasteiger partial charge in [0.25, 0.3) is 0 Å². The third kappa shape index (κ3) is 1.04. The summed E-state index contributed by atoms with van der Waals surface area (Å²) in [6, 6.07) is 8.01. The predicted molar refractivity (Wildman–Crippen MR) is 65.8 cm³/mol. The van der Waals surface area contributed by atoms with Gasteiger partial charge >= 0.3 is 0 Å². The van der Waals surface area contributed by atoms with E-state index in [0.29, 0.717) is 0 Å². The van der Waals surface area contributed by atoms with Gasteiger partial charge in [-0.15, -0.1) is 0 Å². The van der Waals surface area contributed by atoms with Gasteiger partial charge in [-0.2, -0.15) is 5.10 Å². The number of nitrogens with zero attached hydrogens (tertiary/aromatic N) is 4. The van der Waals surface area contributed by atoms with Crippen molar-refractivity contribution in [1.82, 2.24) is 19.6 Å². The van der Waals surface area contributed by atoms with Gasteiger partial charge in [0.1, 0.15) is 0 Å². The average molecular weight is 220 g/mol. The van der Waals surface area contributed by atoms with Gasteiger partial charge in [0.05, 0.1) is 28.9 Å². The summed E-state index contributed by atoms with van der Waals surface area (Å²) in [7, 11) is 0. The van der Waals surface area contributed by atoms with Crippen LogP contribution in [0.15, 0.2) is 49.1 Å². The average Bonchev–Trinajstić information content (AvgIpc) is 2.89. The minimum atomic E-state index is 0.976. The maximum absolute atomic E-state index is 4.45. The van der Waals surface area contributed by atoms with Crippen LogP contribution in [0.3, 0.4) is 0 Å². The topological polar surface area (TPSA) is 43.1 Å². The fourth-order valence-electron chi connectivity index (χ4n) is 2.28. The third-order valence-corrected chi connectivity index (χ3v) is 3.01. The van der Waals surface area contributed by atoms with Gasteiger partial charge in [0.15, 0.2) is 0 Å². The standard InChI is InChI=1S/C13H8N4/c1-2-10-9-3-6-14-8-12(9)17-11(4-7-16-17)13(10)15-5-1/h1-8H. The zero-order valence-electron chi connectivity index (χ0n) is 8.91. The summed E-state index contributed by atoms with van der Waals surface area (Å²) in [5.41, 5.74) is 3.00. The molecule has 4 rings (SSSR count). The molecule has 17 heavy (non-hydrogen) atoms. The smallest absolute Gasteiger partial charge is 0.0966 e. The Balaban J connectivity index is 2.48. The largest absolute Gasteiger partial charge is 0.262 e. The molecule has 0 spiro atoms. The molecule has 0 saturated heterocycles. The zero-order valence-corrected chi connectivity index (χ0v) is 8.91. The van der Waals surface area contributed by atoms with E-state index < -0.39 is 0 Å². The van der Waals surface area contributed by atoms with Gasteiger partial charge in [-0.1, -0.05) is 6.07 Å². The van der Waals surface area contributed by atoms with Crippen LogP contribution in [0, 0.1) is 0 Å². The molecule has 0 atom stereocenters. The van der Waals surface area contributed by atoms with E-state index in [1.54, 1.807) is 12.4 Å². The zero-order chi connectivity index (χ0) is 11.2. The van der Waals surface area contributed by atoms with Crippen LogP contribution in [0.2, 0.25) is 0 Å². The Bertz CT molecular complexity index is 778. The molecule has 0 radical (unpaired) electrons. The first kappa shape index (κ1) is 8.64. The highest BCUT2D eigenvalue weighted by Gasteiger charge is 2.08. The Kier molecular flexibility index (Phi) is 1.53. The fraction of sp³-hybridized carbons (Fsp3) is 0. The molecule has 4 heteroatoms. The molecular formula is C13H8N4. The molecule has 0 aliphatic carbocycles. The summed E-state index contributed by atoms with van der Waals surface area (Å²) in [6.45, 7) is 0. The maximum Gasteiger partial charge on any atom is 0.0966 e. The molecule has 0 amide bonds. The SMILES string of the molecule is c1cnc2c(c1)c1ccncc1n1nccc21. The molecule has 0 aliphatic rings. The number of aromatic nitrogens is 4. The van der Waals surface area contributed by atoms with Crippen molar-refractivity contribution >= 4 is 27.3 Å². The second-order valence-corrected chi connectivity index (χ2v) is 3.92. The van der Waals surface area contributed by atoms with Gasteiger partial charge in [-0.25, -0.2) is 4.52 Å². The van der Waals surface area contributed by atoms with Gasteiger partial charge in [-0.05, 0) is 18.2 Å². The number of pyridine rings is 3. The molecule has 4 heterocycles. The van der Waals surface area contributed by atoms with E-state index in [9.17, 15) is 0 Å². The van der Waals surface area contributed by atoms with Crippen LogP contribution in [0.5, 0.6) is 0 Å². The normalized spacial score (nSPS) is 11.5. The molecule has 4 aromatic rings. The van der Waals surface area contributed by atoms with Crippen molar-refractivity contribution in [3.8, 4) is 0 Å². The quantitative estimate of drug-likeness (QED) is 0.427. The van der Waals surface area contributed by atoms with Crippen LogP contribution in [0.25, 0.3) is 27.3 Å². The van der Waals surface area contributed by atoms with Gasteiger partial charge in [0.2, 0.25) is 0 Å². The lowest BCUT2D eigenvalue weighted by atomic mass is 10.1. The number of rotatable bonds is 0. The Morgan fingerprint density at radius 3 is 2.88 bits per heavy atom. The van der Waals surface area contributed by atoms with Crippen LogP contribution in [-0.4, -0.2) is 19.6 Å². The Morgan fingerprint density at radius 2 is 1.88 bits per heavy atom. The Labute approximate surface area is 96.5 Å². The highest BCUT2D eigenvalue weighted by atomic mass is 15.2. The molecule has 0 N–H and O–H groups in total. The summed E-state index contributed by atoms with van der Waals surface area (Å²) in [5, 5.41) is 6.59. The van der Waals surface area contributed by atoms with Crippen LogP contribution in [0.4, 0.5) is 0 Å². The minimum absolute atomic E-state index is 0.976. The van der Waals surface area contributed by atoms with E-state index in [0.717, 1.165) is 27.3 Å². The second-order valence-electron chi connectivity index (χ2n) is 3.92. The van der Waals surface area contributed by atoms with Crippen LogP contribution >= 0.6 is 0 Å². The maximum atomic E-state index is 4.45. The first-order valence-corrected chi connectivity index (χ1v) is 5.39. The minimum Gasteiger partial charge on any atom is -0.262 e. The van der Waals surface area contributed by atoms with Crippen molar-refractivity contribution in [3.05, 3.63) is 49.1 Å².